The molecule has 1 amide bonds. The van der Waals surface area contributed by atoms with E-state index in [0.29, 0.717) is 0 Å². The van der Waals surface area contributed by atoms with Crippen molar-refractivity contribution in [2.24, 2.45) is 0 Å². The van der Waals surface area contributed by atoms with Crippen LogP contribution < -0.4 is 5.32 Å². The SMILES string of the molecule is CCCCC/C=C/C/C=C\NC(=O)OCc1ccccc1. The molecule has 0 unspecified atom stereocenters. The van der Waals surface area contributed by atoms with Gasteiger partial charge in [0.15, 0.2) is 0 Å². The zero-order valence-corrected chi connectivity index (χ0v) is 12.8. The number of rotatable bonds is 9. The Bertz CT molecular complexity index is 438. The maximum Gasteiger partial charge on any atom is 0.411 e. The van der Waals surface area contributed by atoms with Crippen LogP contribution in [0.1, 0.15) is 44.6 Å². The van der Waals surface area contributed by atoms with Gasteiger partial charge < -0.3 is 4.74 Å². The summed E-state index contributed by atoms with van der Waals surface area (Å²) in [6.45, 7) is 2.49. The first-order valence-electron chi connectivity index (χ1n) is 7.60. The van der Waals surface area contributed by atoms with Crippen molar-refractivity contribution in [3.05, 3.63) is 60.3 Å². The summed E-state index contributed by atoms with van der Waals surface area (Å²) in [5, 5.41) is 2.59. The number of carbonyl (C=O) groups excluding carboxylic acids is 1. The highest BCUT2D eigenvalue weighted by molar-refractivity contribution is 5.68. The van der Waals surface area contributed by atoms with Gasteiger partial charge >= 0.3 is 6.09 Å². The number of unbranched alkanes of at least 4 members (excludes halogenated alkanes) is 3. The molecule has 0 aliphatic rings. The molecule has 0 saturated heterocycles. The van der Waals surface area contributed by atoms with Crippen LogP contribution in [0.25, 0.3) is 0 Å². The van der Waals surface area contributed by atoms with E-state index in [-0.39, 0.29) is 6.61 Å². The highest BCUT2D eigenvalue weighted by Gasteiger charge is 1.98. The zero-order valence-electron chi connectivity index (χ0n) is 12.8. The second kappa shape index (κ2) is 11.8. The zero-order chi connectivity index (χ0) is 15.2. The highest BCUT2D eigenvalue weighted by atomic mass is 16.5. The number of hydrogen-bond donors (Lipinski definition) is 1. The molecule has 0 fully saturated rings. The van der Waals surface area contributed by atoms with Crippen LogP contribution in [0.5, 0.6) is 0 Å². The monoisotopic (exact) mass is 287 g/mol. The first-order chi connectivity index (χ1) is 10.3. The van der Waals surface area contributed by atoms with Crippen LogP contribution in [0.15, 0.2) is 54.8 Å². The number of ether oxygens (including phenoxy) is 1. The van der Waals surface area contributed by atoms with E-state index in [1.54, 1.807) is 6.20 Å². The van der Waals surface area contributed by atoms with Crippen LogP contribution in [0, 0.1) is 0 Å². The van der Waals surface area contributed by atoms with Crippen molar-refractivity contribution < 1.29 is 9.53 Å². The van der Waals surface area contributed by atoms with Crippen molar-refractivity contribution in [1.82, 2.24) is 5.32 Å². The first kappa shape index (κ1) is 17.0. The van der Waals surface area contributed by atoms with Gasteiger partial charge in [-0.25, -0.2) is 4.79 Å². The van der Waals surface area contributed by atoms with E-state index < -0.39 is 6.09 Å². The molecule has 1 aromatic rings. The van der Waals surface area contributed by atoms with Gasteiger partial charge in [0.1, 0.15) is 6.61 Å². The van der Waals surface area contributed by atoms with Gasteiger partial charge in [0.25, 0.3) is 0 Å². The standard InChI is InChI=1S/C18H25NO2/c1-2-3-4-5-6-7-8-12-15-19-18(20)21-16-17-13-10-9-11-14-17/h6-7,9-15H,2-5,8,16H2,1H3,(H,19,20)/b7-6+,15-12-. The van der Waals surface area contributed by atoms with Gasteiger partial charge in [0, 0.05) is 6.20 Å². The van der Waals surface area contributed by atoms with Crippen molar-refractivity contribution in [2.75, 3.05) is 0 Å². The number of amides is 1. The molecule has 3 heteroatoms. The predicted molar refractivity (Wildman–Crippen MR) is 86.8 cm³/mol. The lowest BCUT2D eigenvalue weighted by Gasteiger charge is -2.03. The molecule has 3 nitrogen and oxygen atoms in total. The maximum absolute atomic E-state index is 11.4. The molecule has 1 N–H and O–H groups in total. The molecule has 0 radical (unpaired) electrons. The summed E-state index contributed by atoms with van der Waals surface area (Å²) in [5.41, 5.74) is 0.978. The topological polar surface area (TPSA) is 38.3 Å². The van der Waals surface area contributed by atoms with E-state index in [1.807, 2.05) is 36.4 Å². The molecular formula is C18H25NO2. The van der Waals surface area contributed by atoms with Crippen molar-refractivity contribution >= 4 is 6.09 Å². The van der Waals surface area contributed by atoms with Gasteiger partial charge in [0.2, 0.25) is 0 Å². The van der Waals surface area contributed by atoms with Crippen molar-refractivity contribution in [2.45, 2.75) is 45.6 Å². The van der Waals surface area contributed by atoms with Crippen molar-refractivity contribution in [1.29, 1.82) is 0 Å². The van der Waals surface area contributed by atoms with Gasteiger partial charge in [-0.3, -0.25) is 5.32 Å². The van der Waals surface area contributed by atoms with Gasteiger partial charge in [0.05, 0.1) is 0 Å². The molecule has 0 atom stereocenters. The lowest BCUT2D eigenvalue weighted by Crippen LogP contribution is -2.18. The summed E-state index contributed by atoms with van der Waals surface area (Å²) in [4.78, 5) is 11.4. The quantitative estimate of drug-likeness (QED) is 0.515. The Morgan fingerprint density at radius 3 is 2.71 bits per heavy atom. The van der Waals surface area contributed by atoms with E-state index in [1.165, 1.54) is 19.3 Å². The number of nitrogens with one attached hydrogen (secondary N) is 1. The Hall–Kier alpha value is -2.03. The van der Waals surface area contributed by atoms with Crippen LogP contribution in [-0.2, 0) is 11.3 Å². The van der Waals surface area contributed by atoms with Crippen LogP contribution >= 0.6 is 0 Å². The Kier molecular flexibility index (Phi) is 9.54. The van der Waals surface area contributed by atoms with Gasteiger partial charge in [-0.2, -0.15) is 0 Å². The minimum Gasteiger partial charge on any atom is -0.444 e. The minimum absolute atomic E-state index is 0.290. The summed E-state index contributed by atoms with van der Waals surface area (Å²) in [6, 6.07) is 9.62. The normalized spacial score (nSPS) is 11.1. The summed E-state index contributed by atoms with van der Waals surface area (Å²) in [6.07, 6.45) is 13.2. The van der Waals surface area contributed by atoms with E-state index >= 15 is 0 Å². The fourth-order valence-electron chi connectivity index (χ4n) is 1.76. The molecule has 0 bridgehead atoms. The van der Waals surface area contributed by atoms with E-state index in [2.05, 4.69) is 24.4 Å². The largest absolute Gasteiger partial charge is 0.444 e. The third kappa shape index (κ3) is 9.50. The maximum atomic E-state index is 11.4. The predicted octanol–water partition coefficient (Wildman–Crippen LogP) is 4.95. The summed E-state index contributed by atoms with van der Waals surface area (Å²) in [7, 11) is 0. The van der Waals surface area contributed by atoms with E-state index in [9.17, 15) is 4.79 Å². The third-order valence-electron chi connectivity index (χ3n) is 2.94. The lowest BCUT2D eigenvalue weighted by atomic mass is 10.2. The Labute approximate surface area is 127 Å². The van der Waals surface area contributed by atoms with Gasteiger partial charge in [-0.05, 0) is 24.8 Å². The number of carbonyl (C=O) groups is 1. The fourth-order valence-corrected chi connectivity index (χ4v) is 1.76. The molecule has 1 rings (SSSR count). The number of allylic oxidation sites excluding steroid dienone is 3. The Morgan fingerprint density at radius 2 is 1.95 bits per heavy atom. The highest BCUT2D eigenvalue weighted by Crippen LogP contribution is 2.01. The summed E-state index contributed by atoms with van der Waals surface area (Å²) >= 11 is 0. The summed E-state index contributed by atoms with van der Waals surface area (Å²) < 4.78 is 5.08. The number of benzene rings is 1. The fraction of sp³-hybridized carbons (Fsp3) is 0.389. The minimum atomic E-state index is -0.429. The van der Waals surface area contributed by atoms with Crippen LogP contribution in [-0.4, -0.2) is 6.09 Å². The average molecular weight is 287 g/mol. The second-order valence-electron chi connectivity index (χ2n) is 4.81. The molecule has 1 aromatic carbocycles. The second-order valence-corrected chi connectivity index (χ2v) is 4.81. The Balaban J connectivity index is 2.06. The van der Waals surface area contributed by atoms with E-state index in [0.717, 1.165) is 18.4 Å². The molecule has 0 heterocycles. The Morgan fingerprint density at radius 1 is 1.14 bits per heavy atom. The molecule has 0 aromatic heterocycles. The van der Waals surface area contributed by atoms with Crippen molar-refractivity contribution in [3.8, 4) is 0 Å². The van der Waals surface area contributed by atoms with Crippen LogP contribution in [0.2, 0.25) is 0 Å². The van der Waals surface area contributed by atoms with Gasteiger partial charge in [-0.1, -0.05) is 68.3 Å². The van der Waals surface area contributed by atoms with Crippen LogP contribution in [0.4, 0.5) is 4.79 Å². The molecule has 0 aliphatic carbocycles. The molecule has 21 heavy (non-hydrogen) atoms. The summed E-state index contributed by atoms with van der Waals surface area (Å²) in [5.74, 6) is 0. The number of alkyl carbamates (subject to hydrolysis) is 1. The molecule has 0 aliphatic heterocycles. The molecule has 0 spiro atoms. The molecular weight excluding hydrogens is 262 g/mol. The third-order valence-corrected chi connectivity index (χ3v) is 2.94. The number of hydrogen-bond acceptors (Lipinski definition) is 2. The molecule has 114 valence electrons. The van der Waals surface area contributed by atoms with Gasteiger partial charge in [-0.15, -0.1) is 0 Å². The smallest absolute Gasteiger partial charge is 0.411 e. The van der Waals surface area contributed by atoms with Crippen molar-refractivity contribution in [3.63, 3.8) is 0 Å². The first-order valence-corrected chi connectivity index (χ1v) is 7.60. The molecule has 0 saturated carbocycles. The lowest BCUT2D eigenvalue weighted by molar-refractivity contribution is 0.143. The average Bonchev–Trinajstić information content (AvgIpc) is 2.52. The van der Waals surface area contributed by atoms with Crippen LogP contribution in [0.3, 0.4) is 0 Å². The van der Waals surface area contributed by atoms with E-state index in [4.69, 9.17) is 4.74 Å².